The molecule has 2 aromatic carbocycles. The second-order valence-electron chi connectivity index (χ2n) is 9.83. The van der Waals surface area contributed by atoms with Crippen molar-refractivity contribution in [2.75, 3.05) is 23.3 Å². The Morgan fingerprint density at radius 1 is 1.05 bits per heavy atom. The van der Waals surface area contributed by atoms with E-state index in [1.54, 1.807) is 61.8 Å². The van der Waals surface area contributed by atoms with Crippen molar-refractivity contribution < 1.29 is 17.4 Å². The SMILES string of the molecule is CCC(=O)N(c1cccnc1)c1nc2ccc(OS(=O)(=O)c3ccc(NCCN(C(C)C)C(C)C)cc3)cc2s1. The number of benzene rings is 2. The van der Waals surface area contributed by atoms with Crippen LogP contribution in [0.5, 0.6) is 5.75 Å². The van der Waals surface area contributed by atoms with Gasteiger partial charge in [0.2, 0.25) is 5.91 Å². The van der Waals surface area contributed by atoms with E-state index < -0.39 is 10.1 Å². The van der Waals surface area contributed by atoms with E-state index in [2.05, 4.69) is 47.9 Å². The fourth-order valence-corrected chi connectivity index (χ4v) is 6.36. The van der Waals surface area contributed by atoms with Crippen LogP contribution in [0.4, 0.5) is 16.5 Å². The zero-order chi connectivity index (χ0) is 28.9. The Morgan fingerprint density at radius 2 is 1.77 bits per heavy atom. The number of aromatic nitrogens is 2. The van der Waals surface area contributed by atoms with Gasteiger partial charge >= 0.3 is 10.1 Å². The number of carbonyl (C=O) groups excluding carboxylic acids is 1. The molecule has 212 valence electrons. The number of carbonyl (C=O) groups is 1. The first-order valence-corrected chi connectivity index (χ1v) is 15.5. The third-order valence-electron chi connectivity index (χ3n) is 6.37. The quantitative estimate of drug-likeness (QED) is 0.201. The average molecular weight is 582 g/mol. The van der Waals surface area contributed by atoms with Gasteiger partial charge in [0.25, 0.3) is 0 Å². The summed E-state index contributed by atoms with van der Waals surface area (Å²) in [5, 5.41) is 3.83. The molecule has 9 nitrogen and oxygen atoms in total. The van der Waals surface area contributed by atoms with Crippen LogP contribution in [0.2, 0.25) is 0 Å². The Hall–Kier alpha value is -3.54. The largest absolute Gasteiger partial charge is 0.384 e. The number of nitrogens with zero attached hydrogens (tertiary/aromatic N) is 4. The summed E-state index contributed by atoms with van der Waals surface area (Å²) in [7, 11) is -4.05. The maximum atomic E-state index is 13.0. The van der Waals surface area contributed by atoms with E-state index in [1.807, 2.05) is 0 Å². The van der Waals surface area contributed by atoms with Gasteiger partial charge < -0.3 is 9.50 Å². The fraction of sp³-hybridized carbons (Fsp3) is 0.345. The van der Waals surface area contributed by atoms with Gasteiger partial charge in [-0.05, 0) is 76.2 Å². The lowest BCUT2D eigenvalue weighted by molar-refractivity contribution is -0.117. The number of thiazole rings is 1. The van der Waals surface area contributed by atoms with Gasteiger partial charge in [-0.2, -0.15) is 8.42 Å². The van der Waals surface area contributed by atoms with Crippen LogP contribution in [0.1, 0.15) is 41.0 Å². The lowest BCUT2D eigenvalue weighted by Gasteiger charge is -2.30. The minimum absolute atomic E-state index is 0.0606. The molecule has 2 aromatic heterocycles. The summed E-state index contributed by atoms with van der Waals surface area (Å²) in [6, 6.07) is 15.8. The summed E-state index contributed by atoms with van der Waals surface area (Å²) < 4.78 is 32.2. The molecule has 1 amide bonds. The highest BCUT2D eigenvalue weighted by Gasteiger charge is 2.22. The van der Waals surface area contributed by atoms with Crippen molar-refractivity contribution in [3.63, 3.8) is 0 Å². The Balaban J connectivity index is 1.47. The van der Waals surface area contributed by atoms with Crippen LogP contribution in [-0.2, 0) is 14.9 Å². The molecule has 0 radical (unpaired) electrons. The number of fused-ring (bicyclic) bond motifs is 1. The molecule has 0 aliphatic heterocycles. The van der Waals surface area contributed by atoms with Crippen molar-refractivity contribution in [1.82, 2.24) is 14.9 Å². The number of hydrogen-bond donors (Lipinski definition) is 1. The maximum absolute atomic E-state index is 13.0. The summed E-state index contributed by atoms with van der Waals surface area (Å²) in [5.74, 6) is 0.0447. The average Bonchev–Trinajstić information content (AvgIpc) is 3.34. The topological polar surface area (TPSA) is 105 Å². The molecule has 0 aliphatic rings. The van der Waals surface area contributed by atoms with Crippen LogP contribution in [0.15, 0.2) is 71.9 Å². The standard InChI is InChI=1S/C29H35N5O4S2/c1-6-28(35)34(23-8-7-15-30-19-23)29-32-26-14-11-24(18-27(26)39-29)38-40(36,37)25-12-9-22(10-13-25)31-16-17-33(20(2)3)21(4)5/h7-15,18-21,31H,6,16-17H2,1-5H3. The van der Waals surface area contributed by atoms with Crippen molar-refractivity contribution in [2.24, 2.45) is 0 Å². The predicted octanol–water partition coefficient (Wildman–Crippen LogP) is 6.06. The van der Waals surface area contributed by atoms with Crippen molar-refractivity contribution in [3.05, 3.63) is 67.0 Å². The van der Waals surface area contributed by atoms with E-state index in [4.69, 9.17) is 4.18 Å². The van der Waals surface area contributed by atoms with Gasteiger partial charge in [-0.3, -0.25) is 19.6 Å². The van der Waals surface area contributed by atoms with Crippen molar-refractivity contribution in [1.29, 1.82) is 0 Å². The van der Waals surface area contributed by atoms with Crippen LogP contribution >= 0.6 is 11.3 Å². The lowest BCUT2D eigenvalue weighted by atomic mass is 10.2. The molecule has 4 rings (SSSR count). The second-order valence-corrected chi connectivity index (χ2v) is 12.4. The third kappa shape index (κ3) is 6.96. The van der Waals surface area contributed by atoms with Crippen LogP contribution < -0.4 is 14.4 Å². The minimum Gasteiger partial charge on any atom is -0.384 e. The number of hydrogen-bond acceptors (Lipinski definition) is 9. The zero-order valence-electron chi connectivity index (χ0n) is 23.4. The molecular weight excluding hydrogens is 546 g/mol. The van der Waals surface area contributed by atoms with Gasteiger partial charge in [0.15, 0.2) is 5.13 Å². The first-order chi connectivity index (χ1) is 19.1. The number of pyridine rings is 1. The molecule has 40 heavy (non-hydrogen) atoms. The summed E-state index contributed by atoms with van der Waals surface area (Å²) in [6.07, 6.45) is 3.53. The van der Waals surface area contributed by atoms with E-state index >= 15 is 0 Å². The summed E-state index contributed by atoms with van der Waals surface area (Å²) in [6.45, 7) is 12.1. The van der Waals surface area contributed by atoms with Crippen LogP contribution in [0.25, 0.3) is 10.2 Å². The fourth-order valence-electron chi connectivity index (χ4n) is 4.40. The van der Waals surface area contributed by atoms with Crippen molar-refractivity contribution in [2.45, 2.75) is 58.0 Å². The third-order valence-corrected chi connectivity index (χ3v) is 8.64. The van der Waals surface area contributed by atoms with Crippen molar-refractivity contribution in [3.8, 4) is 5.75 Å². The Kier molecular flexibility index (Phi) is 9.39. The van der Waals surface area contributed by atoms with Crippen molar-refractivity contribution >= 4 is 54.1 Å². The molecule has 0 saturated carbocycles. The van der Waals surface area contributed by atoms with E-state index in [9.17, 15) is 13.2 Å². The molecule has 0 atom stereocenters. The van der Waals surface area contributed by atoms with Gasteiger partial charge in [-0.15, -0.1) is 0 Å². The van der Waals surface area contributed by atoms with Gasteiger partial charge in [-0.25, -0.2) is 4.98 Å². The molecule has 0 bridgehead atoms. The molecule has 0 saturated heterocycles. The van der Waals surface area contributed by atoms with Crippen LogP contribution in [0, 0.1) is 0 Å². The zero-order valence-corrected chi connectivity index (χ0v) is 25.0. The van der Waals surface area contributed by atoms with Gasteiger partial charge in [0.05, 0.1) is 22.1 Å². The monoisotopic (exact) mass is 581 g/mol. The van der Waals surface area contributed by atoms with E-state index in [0.29, 0.717) is 39.5 Å². The number of anilines is 3. The molecule has 0 fully saturated rings. The Morgan fingerprint density at radius 3 is 2.40 bits per heavy atom. The van der Waals surface area contributed by atoms with Gasteiger partial charge in [-0.1, -0.05) is 18.3 Å². The summed E-state index contributed by atoms with van der Waals surface area (Å²) in [4.78, 5) is 25.4. The van der Waals surface area contributed by atoms with Gasteiger partial charge in [0, 0.05) is 49.5 Å². The molecule has 11 heteroatoms. The highest BCUT2D eigenvalue weighted by atomic mass is 32.2. The lowest BCUT2D eigenvalue weighted by Crippen LogP contribution is -2.40. The molecular formula is C29H35N5O4S2. The van der Waals surface area contributed by atoms with Crippen LogP contribution in [-0.4, -0.2) is 54.4 Å². The molecule has 0 aliphatic carbocycles. The molecule has 4 aromatic rings. The normalized spacial score (nSPS) is 11.9. The highest BCUT2D eigenvalue weighted by molar-refractivity contribution is 7.87. The molecule has 2 heterocycles. The van der Waals surface area contributed by atoms with E-state index in [-0.39, 0.29) is 16.6 Å². The summed E-state index contributed by atoms with van der Waals surface area (Å²) >= 11 is 1.27. The first-order valence-electron chi connectivity index (χ1n) is 13.3. The summed E-state index contributed by atoms with van der Waals surface area (Å²) in [5.41, 5.74) is 2.08. The minimum atomic E-state index is -4.05. The van der Waals surface area contributed by atoms with Crippen LogP contribution in [0.3, 0.4) is 0 Å². The molecule has 1 N–H and O–H groups in total. The first kappa shape index (κ1) is 29.4. The second kappa shape index (κ2) is 12.8. The predicted molar refractivity (Wildman–Crippen MR) is 161 cm³/mol. The number of nitrogens with one attached hydrogen (secondary N) is 1. The number of amides is 1. The van der Waals surface area contributed by atoms with E-state index in [1.165, 1.54) is 28.4 Å². The Bertz CT molecular complexity index is 1530. The smallest absolute Gasteiger partial charge is 0.339 e. The van der Waals surface area contributed by atoms with Gasteiger partial charge in [0.1, 0.15) is 10.6 Å². The molecule has 0 spiro atoms. The Labute approximate surface area is 240 Å². The molecule has 0 unspecified atom stereocenters. The van der Waals surface area contributed by atoms with E-state index in [0.717, 1.165) is 18.8 Å². The number of rotatable bonds is 12. The maximum Gasteiger partial charge on any atom is 0.339 e. The highest BCUT2D eigenvalue weighted by Crippen LogP contribution is 2.36.